The van der Waals surface area contributed by atoms with Crippen LogP contribution < -0.4 is 4.74 Å². The second-order valence-electron chi connectivity index (χ2n) is 4.16. The molecular formula is C11H14O2. The smallest absolute Gasteiger partial charge is 0.198 e. The average Bonchev–Trinajstić information content (AvgIpc) is 2.02. The van der Waals surface area contributed by atoms with Gasteiger partial charge in [0.05, 0.1) is 0 Å². The van der Waals surface area contributed by atoms with Gasteiger partial charge in [-0.05, 0) is 11.5 Å². The molecule has 0 saturated carbocycles. The van der Waals surface area contributed by atoms with E-state index in [2.05, 4.69) is 19.9 Å². The first-order valence-corrected chi connectivity index (χ1v) is 4.54. The lowest BCUT2D eigenvalue weighted by Crippen LogP contribution is -2.33. The van der Waals surface area contributed by atoms with Gasteiger partial charge in [0.25, 0.3) is 0 Å². The molecule has 1 aliphatic heterocycles. The topological polar surface area (TPSA) is 29.5 Å². The van der Waals surface area contributed by atoms with Crippen LogP contribution >= 0.6 is 0 Å². The van der Waals surface area contributed by atoms with Gasteiger partial charge in [-0.15, -0.1) is 0 Å². The van der Waals surface area contributed by atoms with Crippen molar-refractivity contribution in [1.82, 2.24) is 0 Å². The van der Waals surface area contributed by atoms with Crippen LogP contribution in [0.1, 0.15) is 25.8 Å². The number of fused-ring (bicyclic) bond motifs is 1. The number of hydrogen-bond acceptors (Lipinski definition) is 2. The van der Waals surface area contributed by atoms with E-state index in [1.807, 2.05) is 18.2 Å². The fourth-order valence-electron chi connectivity index (χ4n) is 1.86. The Kier molecular flexibility index (Phi) is 1.81. The van der Waals surface area contributed by atoms with E-state index < -0.39 is 6.29 Å². The lowest BCUT2D eigenvalue weighted by atomic mass is 9.79. The van der Waals surface area contributed by atoms with Crippen LogP contribution in [0, 0.1) is 0 Å². The molecule has 2 heteroatoms. The third kappa shape index (κ3) is 1.42. The predicted octanol–water partition coefficient (Wildman–Crippen LogP) is 2.07. The van der Waals surface area contributed by atoms with Crippen molar-refractivity contribution in [3.05, 3.63) is 29.8 Å². The molecule has 2 nitrogen and oxygen atoms in total. The number of hydrogen-bond donors (Lipinski definition) is 1. The minimum Gasteiger partial charge on any atom is -0.465 e. The Balaban J connectivity index is 2.50. The van der Waals surface area contributed by atoms with Gasteiger partial charge < -0.3 is 9.84 Å². The van der Waals surface area contributed by atoms with Crippen molar-refractivity contribution < 1.29 is 9.84 Å². The second kappa shape index (κ2) is 2.74. The van der Waals surface area contributed by atoms with Crippen LogP contribution in [0.3, 0.4) is 0 Å². The molecule has 1 heterocycles. The average molecular weight is 178 g/mol. The Morgan fingerprint density at radius 2 is 2.08 bits per heavy atom. The number of ether oxygens (including phenoxy) is 1. The molecule has 0 spiro atoms. The predicted molar refractivity (Wildman–Crippen MR) is 50.7 cm³/mol. The summed E-state index contributed by atoms with van der Waals surface area (Å²) in [5.41, 5.74) is 1.19. The highest BCUT2D eigenvalue weighted by molar-refractivity contribution is 5.40. The lowest BCUT2D eigenvalue weighted by molar-refractivity contribution is -0.0497. The van der Waals surface area contributed by atoms with Crippen LogP contribution in [-0.2, 0) is 5.41 Å². The maximum absolute atomic E-state index is 9.47. The zero-order chi connectivity index (χ0) is 9.47. The van der Waals surface area contributed by atoms with Crippen LogP contribution in [0.2, 0.25) is 0 Å². The maximum atomic E-state index is 9.47. The van der Waals surface area contributed by atoms with Gasteiger partial charge >= 0.3 is 0 Å². The van der Waals surface area contributed by atoms with Gasteiger partial charge in [-0.2, -0.15) is 0 Å². The van der Waals surface area contributed by atoms with E-state index in [4.69, 9.17) is 4.74 Å². The van der Waals surface area contributed by atoms with Gasteiger partial charge in [0.2, 0.25) is 0 Å². The van der Waals surface area contributed by atoms with Gasteiger partial charge in [0, 0.05) is 12.0 Å². The van der Waals surface area contributed by atoms with E-state index in [-0.39, 0.29) is 5.41 Å². The van der Waals surface area contributed by atoms with Crippen molar-refractivity contribution in [2.24, 2.45) is 0 Å². The summed E-state index contributed by atoms with van der Waals surface area (Å²) in [5, 5.41) is 9.47. The zero-order valence-corrected chi connectivity index (χ0v) is 7.95. The molecule has 1 atom stereocenters. The molecule has 2 rings (SSSR count). The molecule has 0 bridgehead atoms. The summed E-state index contributed by atoms with van der Waals surface area (Å²) >= 11 is 0. The fraction of sp³-hybridized carbons (Fsp3) is 0.455. The number of aliphatic hydroxyl groups is 1. The van der Waals surface area contributed by atoms with Crippen LogP contribution in [-0.4, -0.2) is 11.4 Å². The first kappa shape index (κ1) is 8.57. The van der Waals surface area contributed by atoms with Gasteiger partial charge in [0.1, 0.15) is 5.75 Å². The van der Waals surface area contributed by atoms with Crippen molar-refractivity contribution in [3.8, 4) is 5.75 Å². The molecule has 0 amide bonds. The second-order valence-corrected chi connectivity index (χ2v) is 4.16. The van der Waals surface area contributed by atoms with E-state index in [1.54, 1.807) is 0 Å². The Labute approximate surface area is 78.2 Å². The first-order valence-electron chi connectivity index (χ1n) is 4.54. The van der Waals surface area contributed by atoms with E-state index in [0.717, 1.165) is 5.75 Å². The van der Waals surface area contributed by atoms with Crippen LogP contribution in [0.25, 0.3) is 0 Å². The Hall–Kier alpha value is -1.02. The van der Waals surface area contributed by atoms with Crippen molar-refractivity contribution >= 4 is 0 Å². The summed E-state index contributed by atoms with van der Waals surface area (Å²) in [7, 11) is 0. The van der Waals surface area contributed by atoms with Crippen LogP contribution in [0.15, 0.2) is 24.3 Å². The quantitative estimate of drug-likeness (QED) is 0.659. The lowest BCUT2D eigenvalue weighted by Gasteiger charge is -2.35. The normalized spacial score (nSPS) is 24.7. The molecule has 1 N–H and O–H groups in total. The molecule has 1 aromatic rings. The highest BCUT2D eigenvalue weighted by Gasteiger charge is 2.32. The Bertz CT molecular complexity index is 318. The standard InChI is InChI=1S/C11H14O2/c1-11(2)7-10(12)13-9-6-4-3-5-8(9)11/h3-6,10,12H,7H2,1-2H3/t10-/m0/s1. The third-order valence-corrected chi connectivity index (χ3v) is 2.56. The monoisotopic (exact) mass is 178 g/mol. The number of para-hydroxylation sites is 1. The van der Waals surface area contributed by atoms with Crippen LogP contribution in [0.4, 0.5) is 0 Å². The van der Waals surface area contributed by atoms with E-state index in [9.17, 15) is 5.11 Å². The minimum absolute atomic E-state index is 0.00819. The highest BCUT2D eigenvalue weighted by Crippen LogP contribution is 2.39. The van der Waals surface area contributed by atoms with Crippen molar-refractivity contribution in [3.63, 3.8) is 0 Å². The molecule has 70 valence electrons. The third-order valence-electron chi connectivity index (χ3n) is 2.56. The number of benzene rings is 1. The summed E-state index contributed by atoms with van der Waals surface area (Å²) in [4.78, 5) is 0. The number of rotatable bonds is 0. The van der Waals surface area contributed by atoms with Gasteiger partial charge in [0.15, 0.2) is 6.29 Å². The molecule has 0 unspecified atom stereocenters. The molecule has 0 fully saturated rings. The summed E-state index contributed by atoms with van der Waals surface area (Å²) < 4.78 is 5.32. The minimum atomic E-state index is -0.662. The first-order chi connectivity index (χ1) is 6.09. The molecule has 1 aromatic carbocycles. The van der Waals surface area contributed by atoms with E-state index in [1.165, 1.54) is 5.56 Å². The summed E-state index contributed by atoms with van der Waals surface area (Å²) in [6.07, 6.45) is -0.00537. The fourth-order valence-corrected chi connectivity index (χ4v) is 1.86. The van der Waals surface area contributed by atoms with Crippen molar-refractivity contribution in [2.45, 2.75) is 32.0 Å². The molecular weight excluding hydrogens is 164 g/mol. The van der Waals surface area contributed by atoms with Crippen molar-refractivity contribution in [1.29, 1.82) is 0 Å². The molecule has 13 heavy (non-hydrogen) atoms. The van der Waals surface area contributed by atoms with Gasteiger partial charge in [-0.1, -0.05) is 32.0 Å². The Morgan fingerprint density at radius 1 is 1.38 bits per heavy atom. The van der Waals surface area contributed by atoms with Gasteiger partial charge in [-0.25, -0.2) is 0 Å². The molecule has 1 aliphatic rings. The molecule has 0 aliphatic carbocycles. The summed E-state index contributed by atoms with van der Waals surface area (Å²) in [6.45, 7) is 4.25. The molecule has 0 aromatic heterocycles. The Morgan fingerprint density at radius 3 is 2.85 bits per heavy atom. The zero-order valence-electron chi connectivity index (χ0n) is 7.95. The summed E-state index contributed by atoms with van der Waals surface area (Å²) in [5.74, 6) is 0.811. The SMILES string of the molecule is CC1(C)C[C@@H](O)Oc2ccccc21. The molecule has 0 saturated heterocycles. The largest absolute Gasteiger partial charge is 0.465 e. The van der Waals surface area contributed by atoms with E-state index >= 15 is 0 Å². The van der Waals surface area contributed by atoms with Gasteiger partial charge in [-0.3, -0.25) is 0 Å². The number of aliphatic hydroxyl groups excluding tert-OH is 1. The maximum Gasteiger partial charge on any atom is 0.198 e. The summed E-state index contributed by atoms with van der Waals surface area (Å²) in [6, 6.07) is 7.88. The van der Waals surface area contributed by atoms with E-state index in [0.29, 0.717) is 6.42 Å². The van der Waals surface area contributed by atoms with Crippen molar-refractivity contribution in [2.75, 3.05) is 0 Å². The van der Waals surface area contributed by atoms with Crippen LogP contribution in [0.5, 0.6) is 5.75 Å². The highest BCUT2D eigenvalue weighted by atomic mass is 16.6. The molecule has 0 radical (unpaired) electrons.